The van der Waals surface area contributed by atoms with Crippen molar-refractivity contribution in [3.63, 3.8) is 0 Å². The number of carboxylic acids is 1. The van der Waals surface area contributed by atoms with Crippen molar-refractivity contribution in [3.05, 3.63) is 48.0 Å². The van der Waals surface area contributed by atoms with Gasteiger partial charge in [0.15, 0.2) is 5.65 Å². The maximum absolute atomic E-state index is 11.0. The third-order valence-electron chi connectivity index (χ3n) is 2.76. The van der Waals surface area contributed by atoms with Crippen LogP contribution >= 0.6 is 11.8 Å². The van der Waals surface area contributed by atoms with Crippen LogP contribution in [0.25, 0.3) is 5.65 Å². The lowest BCUT2D eigenvalue weighted by Crippen LogP contribution is -1.96. The van der Waals surface area contributed by atoms with Gasteiger partial charge in [0.25, 0.3) is 0 Å². The molecule has 0 amide bonds. The molecule has 0 radical (unpaired) electrons. The summed E-state index contributed by atoms with van der Waals surface area (Å²) in [5.41, 5.74) is 0.912. The lowest BCUT2D eigenvalue weighted by atomic mass is 10.2. The highest BCUT2D eigenvalue weighted by Crippen LogP contribution is 2.29. The Kier molecular flexibility index (Phi) is 3.11. The molecule has 1 N–H and O–H groups in total. The lowest BCUT2D eigenvalue weighted by molar-refractivity contribution is 0.0696. The van der Waals surface area contributed by atoms with Crippen LogP contribution in [0.1, 0.15) is 16.2 Å². The zero-order valence-corrected chi connectivity index (χ0v) is 11.3. The number of carbonyl (C=O) groups is 1. The van der Waals surface area contributed by atoms with Gasteiger partial charge in [-0.05, 0) is 25.1 Å². The first kappa shape index (κ1) is 12.6. The Bertz CT molecular complexity index is 800. The van der Waals surface area contributed by atoms with Crippen LogP contribution in [-0.2, 0) is 0 Å². The number of hydrogen-bond donors (Lipinski definition) is 1. The molecule has 100 valence electrons. The number of aryl methyl sites for hydroxylation is 1. The molecule has 0 aliphatic heterocycles. The molecule has 0 atom stereocenters. The Morgan fingerprint density at radius 1 is 1.35 bits per heavy atom. The van der Waals surface area contributed by atoms with Crippen LogP contribution in [0.4, 0.5) is 0 Å². The van der Waals surface area contributed by atoms with Crippen molar-refractivity contribution in [2.75, 3.05) is 0 Å². The number of aromatic carboxylic acids is 1. The second-order valence-corrected chi connectivity index (χ2v) is 5.17. The zero-order valence-electron chi connectivity index (χ0n) is 10.5. The van der Waals surface area contributed by atoms with Gasteiger partial charge in [-0.25, -0.2) is 9.78 Å². The minimum Gasteiger partial charge on any atom is -0.478 e. The second-order valence-electron chi connectivity index (χ2n) is 4.11. The summed E-state index contributed by atoms with van der Waals surface area (Å²) >= 11 is 1.36. The Balaban J connectivity index is 2.01. The summed E-state index contributed by atoms with van der Waals surface area (Å²) in [6.07, 6.45) is 3.47. The number of hydrogen-bond acceptors (Lipinski definition) is 5. The predicted molar refractivity (Wildman–Crippen MR) is 73.0 cm³/mol. The molecule has 0 unspecified atom stereocenters. The molecule has 20 heavy (non-hydrogen) atoms. The van der Waals surface area contributed by atoms with E-state index in [1.54, 1.807) is 30.6 Å². The van der Waals surface area contributed by atoms with E-state index >= 15 is 0 Å². The van der Waals surface area contributed by atoms with Gasteiger partial charge in [0.1, 0.15) is 10.9 Å². The molecule has 0 spiro atoms. The summed E-state index contributed by atoms with van der Waals surface area (Å²) in [5, 5.41) is 17.8. The average molecular weight is 286 g/mol. The number of benzene rings is 1. The van der Waals surface area contributed by atoms with Gasteiger partial charge in [0.05, 0.1) is 5.56 Å². The summed E-state index contributed by atoms with van der Waals surface area (Å²) in [6, 6.07) is 6.72. The van der Waals surface area contributed by atoms with E-state index in [1.165, 1.54) is 11.8 Å². The van der Waals surface area contributed by atoms with Crippen LogP contribution in [0.5, 0.6) is 0 Å². The molecule has 2 heterocycles. The number of nitrogens with zero attached hydrogens (tertiary/aromatic N) is 4. The molecule has 6 nitrogen and oxygen atoms in total. The van der Waals surface area contributed by atoms with Crippen LogP contribution < -0.4 is 0 Å². The third-order valence-corrected chi connectivity index (χ3v) is 3.73. The molecule has 2 aromatic heterocycles. The molecule has 0 saturated heterocycles. The Morgan fingerprint density at radius 2 is 2.20 bits per heavy atom. The Labute approximate surface area is 118 Å². The highest BCUT2D eigenvalue weighted by Gasteiger charge is 2.10. The van der Waals surface area contributed by atoms with Gasteiger partial charge < -0.3 is 5.11 Å². The molecule has 0 fully saturated rings. The van der Waals surface area contributed by atoms with E-state index in [9.17, 15) is 4.79 Å². The quantitative estimate of drug-likeness (QED) is 0.795. The van der Waals surface area contributed by atoms with Crippen molar-refractivity contribution in [3.8, 4) is 0 Å². The van der Waals surface area contributed by atoms with Gasteiger partial charge in [0, 0.05) is 17.3 Å². The topological polar surface area (TPSA) is 80.4 Å². The highest BCUT2D eigenvalue weighted by atomic mass is 32.2. The summed E-state index contributed by atoms with van der Waals surface area (Å²) < 4.78 is 1.84. The minimum absolute atomic E-state index is 0.250. The van der Waals surface area contributed by atoms with E-state index in [2.05, 4.69) is 15.2 Å². The Hall–Kier alpha value is -2.41. The predicted octanol–water partition coefficient (Wildman–Crippen LogP) is 2.28. The smallest absolute Gasteiger partial charge is 0.335 e. The summed E-state index contributed by atoms with van der Waals surface area (Å²) in [4.78, 5) is 16.0. The van der Waals surface area contributed by atoms with Crippen LogP contribution in [0.2, 0.25) is 0 Å². The van der Waals surface area contributed by atoms with E-state index in [1.807, 2.05) is 17.4 Å². The molecule has 0 saturated carbocycles. The third kappa shape index (κ3) is 2.23. The van der Waals surface area contributed by atoms with Gasteiger partial charge in [-0.2, -0.15) is 0 Å². The van der Waals surface area contributed by atoms with Crippen molar-refractivity contribution < 1.29 is 9.90 Å². The van der Waals surface area contributed by atoms with E-state index < -0.39 is 5.97 Å². The van der Waals surface area contributed by atoms with E-state index in [0.717, 1.165) is 10.7 Å². The molecular formula is C13H10N4O2S. The maximum atomic E-state index is 11.0. The lowest BCUT2D eigenvalue weighted by Gasteiger charge is -2.03. The van der Waals surface area contributed by atoms with Gasteiger partial charge in [-0.3, -0.25) is 4.40 Å². The number of carboxylic acid groups (broad SMARTS) is 1. The normalized spacial score (nSPS) is 10.8. The molecule has 0 aliphatic rings. The number of rotatable bonds is 3. The fourth-order valence-electron chi connectivity index (χ4n) is 1.80. The van der Waals surface area contributed by atoms with Crippen molar-refractivity contribution in [1.82, 2.24) is 19.6 Å². The van der Waals surface area contributed by atoms with E-state index in [0.29, 0.717) is 10.7 Å². The first-order valence-corrected chi connectivity index (χ1v) is 6.64. The van der Waals surface area contributed by atoms with Crippen LogP contribution in [0, 0.1) is 6.92 Å². The van der Waals surface area contributed by atoms with Crippen molar-refractivity contribution in [2.45, 2.75) is 16.8 Å². The first-order chi connectivity index (χ1) is 9.65. The SMILES string of the molecule is Cc1nnc2c(Sc3cccc(C(=O)O)c3)nccn12. The molecular weight excluding hydrogens is 276 g/mol. The van der Waals surface area contributed by atoms with Gasteiger partial charge in [-0.15, -0.1) is 10.2 Å². The van der Waals surface area contributed by atoms with Crippen LogP contribution in [0.3, 0.4) is 0 Å². The zero-order chi connectivity index (χ0) is 14.1. The van der Waals surface area contributed by atoms with Crippen LogP contribution in [0.15, 0.2) is 46.6 Å². The molecule has 3 rings (SSSR count). The van der Waals surface area contributed by atoms with E-state index in [4.69, 9.17) is 5.11 Å². The standard InChI is InChI=1S/C13H10N4O2S/c1-8-15-16-11-12(14-5-6-17(8)11)20-10-4-2-3-9(7-10)13(18)19/h2-7H,1H3,(H,18,19). The summed E-state index contributed by atoms with van der Waals surface area (Å²) in [5.74, 6) is -0.166. The average Bonchev–Trinajstić information content (AvgIpc) is 2.82. The van der Waals surface area contributed by atoms with Crippen molar-refractivity contribution >= 4 is 23.4 Å². The highest BCUT2D eigenvalue weighted by molar-refractivity contribution is 7.99. The summed E-state index contributed by atoms with van der Waals surface area (Å²) in [7, 11) is 0. The minimum atomic E-state index is -0.947. The maximum Gasteiger partial charge on any atom is 0.335 e. The Morgan fingerprint density at radius 3 is 3.00 bits per heavy atom. The summed E-state index contributed by atoms with van der Waals surface area (Å²) in [6.45, 7) is 1.86. The van der Waals surface area contributed by atoms with Gasteiger partial charge in [-0.1, -0.05) is 17.8 Å². The number of aromatic nitrogens is 4. The molecule has 0 aliphatic carbocycles. The van der Waals surface area contributed by atoms with E-state index in [-0.39, 0.29) is 5.56 Å². The van der Waals surface area contributed by atoms with Crippen molar-refractivity contribution in [2.24, 2.45) is 0 Å². The molecule has 0 bridgehead atoms. The fourth-order valence-corrected chi connectivity index (χ4v) is 2.70. The van der Waals surface area contributed by atoms with Gasteiger partial charge in [0.2, 0.25) is 0 Å². The monoisotopic (exact) mass is 286 g/mol. The second kappa shape index (κ2) is 4.93. The molecule has 1 aromatic carbocycles. The number of fused-ring (bicyclic) bond motifs is 1. The molecule has 3 aromatic rings. The van der Waals surface area contributed by atoms with Gasteiger partial charge >= 0.3 is 5.97 Å². The largest absolute Gasteiger partial charge is 0.478 e. The molecule has 7 heteroatoms. The fraction of sp³-hybridized carbons (Fsp3) is 0.0769. The first-order valence-electron chi connectivity index (χ1n) is 5.83. The van der Waals surface area contributed by atoms with Crippen molar-refractivity contribution in [1.29, 1.82) is 0 Å². The van der Waals surface area contributed by atoms with Crippen LogP contribution in [-0.4, -0.2) is 30.7 Å².